The molecule has 0 saturated carbocycles. The molecule has 184 valence electrons. The van der Waals surface area contributed by atoms with Crippen LogP contribution in [-0.4, -0.2) is 27.1 Å². The monoisotopic (exact) mass is 524 g/mol. The molecule has 0 heterocycles. The second kappa shape index (κ2) is 10.0. The van der Waals surface area contributed by atoms with E-state index in [2.05, 4.69) is 0 Å². The first-order chi connectivity index (χ1) is 17.2. The molecule has 0 bridgehead atoms. The van der Waals surface area contributed by atoms with Gasteiger partial charge in [0.25, 0.3) is 0 Å². The average Bonchev–Trinajstić information content (AvgIpc) is 2.93. The Labute approximate surface area is 208 Å². The molecule has 4 aromatic carbocycles. The standard InChI is InChI=1S/C27H21FO6S2/c28-27(35(30,31)23-17-9-3-10-18-23,36(32,33)24-19-11-4-12-20-24)25(21-13-5-1-6-14-21)34-26(29)22-15-7-2-8-16-22/h1-20,25H. The largest absolute Gasteiger partial charge is 0.448 e. The minimum absolute atomic E-state index is 0.00463. The van der Waals surface area contributed by atoms with Crippen LogP contribution in [0, 0.1) is 0 Å². The zero-order valence-corrected chi connectivity index (χ0v) is 20.4. The molecule has 0 spiro atoms. The van der Waals surface area contributed by atoms with Gasteiger partial charge in [0.1, 0.15) is 0 Å². The molecule has 0 N–H and O–H groups in total. The Kier molecular flexibility index (Phi) is 7.05. The van der Waals surface area contributed by atoms with E-state index in [1.54, 1.807) is 12.1 Å². The molecule has 0 aromatic heterocycles. The summed E-state index contributed by atoms with van der Waals surface area (Å²) in [5, 5.41) is 0. The van der Waals surface area contributed by atoms with Crippen LogP contribution in [0.5, 0.6) is 0 Å². The van der Waals surface area contributed by atoms with E-state index in [1.807, 2.05) is 0 Å². The lowest BCUT2D eigenvalue weighted by Gasteiger charge is -2.32. The zero-order chi connectivity index (χ0) is 25.8. The van der Waals surface area contributed by atoms with Crippen LogP contribution in [-0.2, 0) is 24.4 Å². The maximum atomic E-state index is 17.5. The SMILES string of the molecule is O=C(OC(c1ccccc1)C(F)(S(=O)(=O)c1ccccc1)S(=O)(=O)c1ccccc1)c1ccccc1. The van der Waals surface area contributed by atoms with E-state index < -0.39 is 45.9 Å². The Morgan fingerprint density at radius 1 is 0.611 bits per heavy atom. The first-order valence-electron chi connectivity index (χ1n) is 10.8. The number of hydrogen-bond donors (Lipinski definition) is 0. The van der Waals surface area contributed by atoms with Crippen molar-refractivity contribution in [2.24, 2.45) is 0 Å². The fourth-order valence-corrected chi connectivity index (χ4v) is 8.00. The molecule has 6 nitrogen and oxygen atoms in total. The third kappa shape index (κ3) is 4.43. The van der Waals surface area contributed by atoms with Gasteiger partial charge in [0.15, 0.2) is 6.10 Å². The summed E-state index contributed by atoms with van der Waals surface area (Å²) in [5.41, 5.74) is -0.154. The van der Waals surface area contributed by atoms with Gasteiger partial charge < -0.3 is 4.74 Å². The first-order valence-corrected chi connectivity index (χ1v) is 13.8. The molecular weight excluding hydrogens is 503 g/mol. The molecule has 4 rings (SSSR count). The van der Waals surface area contributed by atoms with Gasteiger partial charge in [0.2, 0.25) is 19.7 Å². The smallest absolute Gasteiger partial charge is 0.357 e. The minimum Gasteiger partial charge on any atom is -0.448 e. The van der Waals surface area contributed by atoms with Gasteiger partial charge in [-0.1, -0.05) is 84.9 Å². The van der Waals surface area contributed by atoms with Gasteiger partial charge in [-0.2, -0.15) is 0 Å². The highest BCUT2D eigenvalue weighted by molar-refractivity contribution is 8.10. The van der Waals surface area contributed by atoms with Crippen molar-refractivity contribution in [2.75, 3.05) is 0 Å². The van der Waals surface area contributed by atoms with Crippen LogP contribution in [0.1, 0.15) is 22.0 Å². The summed E-state index contributed by atoms with van der Waals surface area (Å²) >= 11 is 0. The molecule has 0 saturated heterocycles. The minimum atomic E-state index is -5.31. The Morgan fingerprint density at radius 2 is 0.972 bits per heavy atom. The van der Waals surface area contributed by atoms with Crippen LogP contribution in [0.4, 0.5) is 4.39 Å². The van der Waals surface area contributed by atoms with Crippen LogP contribution >= 0.6 is 0 Å². The van der Waals surface area contributed by atoms with Crippen LogP contribution in [0.2, 0.25) is 0 Å². The molecule has 0 aliphatic carbocycles. The fraction of sp³-hybridized carbons (Fsp3) is 0.0741. The number of sulfone groups is 2. The third-order valence-corrected chi connectivity index (χ3v) is 10.5. The van der Waals surface area contributed by atoms with Gasteiger partial charge >= 0.3 is 10.3 Å². The van der Waals surface area contributed by atoms with Gasteiger partial charge in [-0.15, -0.1) is 0 Å². The highest BCUT2D eigenvalue weighted by Crippen LogP contribution is 2.48. The summed E-state index contributed by atoms with van der Waals surface area (Å²) in [6, 6.07) is 27.4. The highest BCUT2D eigenvalue weighted by Gasteiger charge is 2.65. The van der Waals surface area contributed by atoms with Gasteiger partial charge in [-0.3, -0.25) is 0 Å². The predicted octanol–water partition coefficient (Wildman–Crippen LogP) is 5.16. The second-order valence-electron chi connectivity index (χ2n) is 7.78. The Morgan fingerprint density at radius 3 is 1.39 bits per heavy atom. The summed E-state index contributed by atoms with van der Waals surface area (Å²) in [4.78, 5) is 11.9. The van der Waals surface area contributed by atoms with Crippen molar-refractivity contribution in [1.82, 2.24) is 0 Å². The van der Waals surface area contributed by atoms with Crippen molar-refractivity contribution in [3.05, 3.63) is 132 Å². The zero-order valence-electron chi connectivity index (χ0n) is 18.8. The van der Waals surface area contributed by atoms with Crippen molar-refractivity contribution in [3.8, 4) is 0 Å². The normalized spacial score (nSPS) is 13.0. The van der Waals surface area contributed by atoms with E-state index in [4.69, 9.17) is 4.74 Å². The number of hydrogen-bond acceptors (Lipinski definition) is 6. The Balaban J connectivity index is 2.01. The number of carbonyl (C=O) groups is 1. The van der Waals surface area contributed by atoms with Crippen molar-refractivity contribution in [1.29, 1.82) is 0 Å². The van der Waals surface area contributed by atoms with Crippen molar-refractivity contribution in [3.63, 3.8) is 0 Å². The molecule has 0 amide bonds. The first kappa shape index (κ1) is 25.3. The van der Waals surface area contributed by atoms with Crippen molar-refractivity contribution < 1.29 is 30.8 Å². The van der Waals surface area contributed by atoms with E-state index in [9.17, 15) is 21.6 Å². The lowest BCUT2D eigenvalue weighted by atomic mass is 10.1. The lowest BCUT2D eigenvalue weighted by molar-refractivity contribution is 0.0109. The molecule has 1 atom stereocenters. The van der Waals surface area contributed by atoms with Gasteiger partial charge in [0, 0.05) is 0 Å². The third-order valence-electron chi connectivity index (χ3n) is 5.49. The molecule has 36 heavy (non-hydrogen) atoms. The topological polar surface area (TPSA) is 94.6 Å². The summed E-state index contributed by atoms with van der Waals surface area (Å²) < 4.78 is 74.3. The molecule has 0 aliphatic heterocycles. The fourth-order valence-electron chi connectivity index (χ4n) is 3.66. The molecule has 0 aliphatic rings. The summed E-state index contributed by atoms with van der Waals surface area (Å²) in [6.45, 7) is 0. The van der Waals surface area contributed by atoms with Crippen molar-refractivity contribution >= 4 is 25.6 Å². The Bertz CT molecular complexity index is 1470. The number of ether oxygens (including phenoxy) is 1. The Hall–Kier alpha value is -3.82. The highest BCUT2D eigenvalue weighted by atomic mass is 32.3. The molecular formula is C27H21FO6S2. The number of benzene rings is 4. The number of esters is 1. The number of rotatable bonds is 8. The predicted molar refractivity (Wildman–Crippen MR) is 132 cm³/mol. The average molecular weight is 525 g/mol. The van der Waals surface area contributed by atoms with E-state index in [1.165, 1.54) is 84.9 Å². The van der Waals surface area contributed by atoms with Crippen LogP contribution in [0.3, 0.4) is 0 Å². The summed E-state index contributed by atoms with van der Waals surface area (Å²) in [5.74, 6) is -1.09. The van der Waals surface area contributed by atoms with Gasteiger partial charge in [-0.25, -0.2) is 26.0 Å². The number of alkyl halides is 1. The maximum absolute atomic E-state index is 17.5. The van der Waals surface area contributed by atoms with E-state index in [0.717, 1.165) is 24.3 Å². The van der Waals surface area contributed by atoms with E-state index >= 15 is 4.39 Å². The van der Waals surface area contributed by atoms with Crippen LogP contribution in [0.15, 0.2) is 131 Å². The van der Waals surface area contributed by atoms with E-state index in [-0.39, 0.29) is 11.1 Å². The second-order valence-corrected chi connectivity index (χ2v) is 12.2. The van der Waals surface area contributed by atoms with Gasteiger partial charge in [0.05, 0.1) is 15.4 Å². The lowest BCUT2D eigenvalue weighted by Crippen LogP contribution is -2.49. The quantitative estimate of drug-likeness (QED) is 0.296. The van der Waals surface area contributed by atoms with Gasteiger partial charge in [-0.05, 0) is 42.0 Å². The molecule has 4 aromatic rings. The van der Waals surface area contributed by atoms with Crippen molar-refractivity contribution in [2.45, 2.75) is 20.2 Å². The van der Waals surface area contributed by atoms with E-state index in [0.29, 0.717) is 0 Å². The number of carbonyl (C=O) groups excluding carboxylic acids is 1. The molecule has 9 heteroatoms. The van der Waals surface area contributed by atoms with Crippen LogP contribution < -0.4 is 0 Å². The molecule has 1 unspecified atom stereocenters. The number of halogens is 1. The maximum Gasteiger partial charge on any atom is 0.357 e. The molecule has 0 radical (unpaired) electrons. The summed E-state index contributed by atoms with van der Waals surface area (Å²) in [6.07, 6.45) is -2.36. The summed E-state index contributed by atoms with van der Waals surface area (Å²) in [7, 11) is -10.6. The van der Waals surface area contributed by atoms with Crippen LogP contribution in [0.25, 0.3) is 0 Å². The molecule has 0 fully saturated rings.